The average Bonchev–Trinajstić information content (AvgIpc) is 2.28. The van der Waals surface area contributed by atoms with Crippen LogP contribution in [0.15, 0.2) is 24.3 Å². The number of amides is 1. The Kier molecular flexibility index (Phi) is 6.50. The summed E-state index contributed by atoms with van der Waals surface area (Å²) in [5, 5.41) is 3.41. The van der Waals surface area contributed by atoms with E-state index in [-0.39, 0.29) is 5.91 Å². The molecule has 18 heavy (non-hydrogen) atoms. The first-order valence-corrected chi connectivity index (χ1v) is 7.12. The number of rotatable bonds is 6. The van der Waals surface area contributed by atoms with E-state index in [1.54, 1.807) is 31.2 Å². The smallest absolute Gasteiger partial charge is 0.260 e. The van der Waals surface area contributed by atoms with Gasteiger partial charge in [-0.25, -0.2) is 0 Å². The maximum atomic E-state index is 11.7. The van der Waals surface area contributed by atoms with Gasteiger partial charge >= 0.3 is 0 Å². The number of benzene rings is 1. The molecule has 1 amide bonds. The summed E-state index contributed by atoms with van der Waals surface area (Å²) in [6.07, 6.45) is 0.351. The van der Waals surface area contributed by atoms with Crippen molar-refractivity contribution >= 4 is 33.4 Å². The van der Waals surface area contributed by atoms with Crippen LogP contribution in [0.4, 0.5) is 0 Å². The van der Waals surface area contributed by atoms with Crippen molar-refractivity contribution in [1.82, 2.24) is 5.32 Å². The minimum atomic E-state index is -0.533. The molecular weight excluding hydrogens is 318 g/mol. The molecule has 0 heterocycles. The Hall–Kier alpha value is -0.740. The predicted molar refractivity (Wildman–Crippen MR) is 77.6 cm³/mol. The zero-order valence-electron chi connectivity index (χ0n) is 10.5. The lowest BCUT2D eigenvalue weighted by Gasteiger charge is -2.15. The standard InChI is InChI=1S/C13H17BrClNO2/c1-9(14)6-7-16-13(17)10(2)18-12-5-3-4-11(15)8-12/h3-5,8-10H,6-7H2,1-2H3,(H,16,17). The molecule has 1 aromatic rings. The topological polar surface area (TPSA) is 38.3 Å². The van der Waals surface area contributed by atoms with Gasteiger partial charge in [-0.2, -0.15) is 0 Å². The number of alkyl halides is 1. The monoisotopic (exact) mass is 333 g/mol. The number of halogens is 2. The molecule has 0 aliphatic carbocycles. The Balaban J connectivity index is 2.40. The van der Waals surface area contributed by atoms with Crippen LogP contribution in [-0.2, 0) is 4.79 Å². The lowest BCUT2D eigenvalue weighted by molar-refractivity contribution is -0.127. The largest absolute Gasteiger partial charge is 0.481 e. The van der Waals surface area contributed by atoms with Crippen molar-refractivity contribution in [2.45, 2.75) is 31.2 Å². The molecule has 1 rings (SSSR count). The van der Waals surface area contributed by atoms with Crippen molar-refractivity contribution in [3.05, 3.63) is 29.3 Å². The van der Waals surface area contributed by atoms with E-state index in [0.717, 1.165) is 6.42 Å². The van der Waals surface area contributed by atoms with E-state index in [1.807, 2.05) is 6.92 Å². The molecule has 5 heteroatoms. The molecule has 0 aliphatic heterocycles. The fourth-order valence-electron chi connectivity index (χ4n) is 1.34. The second-order valence-electron chi connectivity index (χ2n) is 4.08. The average molecular weight is 335 g/mol. The van der Waals surface area contributed by atoms with E-state index in [1.165, 1.54) is 0 Å². The van der Waals surface area contributed by atoms with Crippen LogP contribution in [-0.4, -0.2) is 23.4 Å². The molecule has 2 atom stereocenters. The van der Waals surface area contributed by atoms with Gasteiger partial charge in [-0.05, 0) is 31.5 Å². The Morgan fingerprint density at radius 3 is 2.83 bits per heavy atom. The fourth-order valence-corrected chi connectivity index (χ4v) is 1.75. The highest BCUT2D eigenvalue weighted by Crippen LogP contribution is 2.18. The highest BCUT2D eigenvalue weighted by atomic mass is 79.9. The molecule has 100 valence electrons. The third kappa shape index (κ3) is 5.74. The van der Waals surface area contributed by atoms with Gasteiger partial charge in [0.2, 0.25) is 0 Å². The molecule has 0 aliphatic rings. The van der Waals surface area contributed by atoms with Crippen LogP contribution >= 0.6 is 27.5 Å². The van der Waals surface area contributed by atoms with Gasteiger partial charge in [-0.1, -0.05) is 40.5 Å². The number of hydrogen-bond acceptors (Lipinski definition) is 2. The summed E-state index contributed by atoms with van der Waals surface area (Å²) in [4.78, 5) is 12.1. The summed E-state index contributed by atoms with van der Waals surface area (Å²) < 4.78 is 5.51. The highest BCUT2D eigenvalue weighted by Gasteiger charge is 2.14. The number of carbonyl (C=O) groups excluding carboxylic acids is 1. The van der Waals surface area contributed by atoms with Gasteiger partial charge in [-0.15, -0.1) is 0 Å². The lowest BCUT2D eigenvalue weighted by Crippen LogP contribution is -2.37. The summed E-state index contributed by atoms with van der Waals surface area (Å²) in [7, 11) is 0. The van der Waals surface area contributed by atoms with Crippen LogP contribution in [0.2, 0.25) is 5.02 Å². The van der Waals surface area contributed by atoms with Crippen molar-refractivity contribution in [3.8, 4) is 5.75 Å². The van der Waals surface area contributed by atoms with Gasteiger partial charge < -0.3 is 10.1 Å². The first kappa shape index (κ1) is 15.3. The normalized spacial score (nSPS) is 13.8. The molecule has 0 radical (unpaired) electrons. The van der Waals surface area contributed by atoms with E-state index >= 15 is 0 Å². The predicted octanol–water partition coefficient (Wildman–Crippen LogP) is 3.40. The van der Waals surface area contributed by atoms with Crippen LogP contribution in [0.3, 0.4) is 0 Å². The highest BCUT2D eigenvalue weighted by molar-refractivity contribution is 9.09. The summed E-state index contributed by atoms with van der Waals surface area (Å²) in [6.45, 7) is 4.39. The summed E-state index contributed by atoms with van der Waals surface area (Å²) >= 11 is 9.27. The van der Waals surface area contributed by atoms with E-state index in [0.29, 0.717) is 22.1 Å². The second kappa shape index (κ2) is 7.64. The van der Waals surface area contributed by atoms with E-state index in [2.05, 4.69) is 21.2 Å². The number of nitrogens with one attached hydrogen (secondary N) is 1. The van der Waals surface area contributed by atoms with Crippen molar-refractivity contribution in [1.29, 1.82) is 0 Å². The van der Waals surface area contributed by atoms with Crippen LogP contribution in [0.5, 0.6) is 5.75 Å². The summed E-state index contributed by atoms with van der Waals surface area (Å²) in [5.41, 5.74) is 0. The van der Waals surface area contributed by atoms with Crippen LogP contribution < -0.4 is 10.1 Å². The summed E-state index contributed by atoms with van der Waals surface area (Å²) in [6, 6.07) is 7.01. The third-order valence-electron chi connectivity index (χ3n) is 2.32. The molecular formula is C13H17BrClNO2. The molecule has 0 fully saturated rings. The van der Waals surface area contributed by atoms with Gasteiger partial charge in [0.05, 0.1) is 0 Å². The number of hydrogen-bond donors (Lipinski definition) is 1. The maximum absolute atomic E-state index is 11.7. The Labute approximate surface area is 121 Å². The van der Waals surface area contributed by atoms with E-state index in [4.69, 9.17) is 16.3 Å². The van der Waals surface area contributed by atoms with Crippen LogP contribution in [0, 0.1) is 0 Å². The molecule has 1 aromatic carbocycles. The Morgan fingerprint density at radius 2 is 2.22 bits per heavy atom. The fraction of sp³-hybridized carbons (Fsp3) is 0.462. The zero-order valence-corrected chi connectivity index (χ0v) is 12.8. The Morgan fingerprint density at radius 1 is 1.50 bits per heavy atom. The maximum Gasteiger partial charge on any atom is 0.260 e. The minimum Gasteiger partial charge on any atom is -0.481 e. The first-order chi connectivity index (χ1) is 8.49. The van der Waals surface area contributed by atoms with Gasteiger partial charge in [-0.3, -0.25) is 4.79 Å². The zero-order chi connectivity index (χ0) is 13.5. The Bertz CT molecular complexity index is 398. The SMILES string of the molecule is CC(Br)CCNC(=O)C(C)Oc1cccc(Cl)c1. The molecule has 0 spiro atoms. The van der Waals surface area contributed by atoms with Gasteiger partial charge in [0.15, 0.2) is 6.10 Å². The lowest BCUT2D eigenvalue weighted by atomic mass is 10.3. The van der Waals surface area contributed by atoms with E-state index < -0.39 is 6.10 Å². The quantitative estimate of drug-likeness (QED) is 0.810. The molecule has 0 saturated carbocycles. The van der Waals surface area contributed by atoms with Crippen LogP contribution in [0.25, 0.3) is 0 Å². The van der Waals surface area contributed by atoms with Crippen LogP contribution in [0.1, 0.15) is 20.3 Å². The second-order valence-corrected chi connectivity index (χ2v) is 6.08. The minimum absolute atomic E-state index is 0.122. The summed E-state index contributed by atoms with van der Waals surface area (Å²) in [5.74, 6) is 0.474. The van der Waals surface area contributed by atoms with Gasteiger partial charge in [0, 0.05) is 16.4 Å². The molecule has 2 unspecified atom stereocenters. The molecule has 0 bridgehead atoms. The third-order valence-corrected chi connectivity index (χ3v) is 3.01. The molecule has 0 aromatic heterocycles. The number of carbonyl (C=O) groups is 1. The first-order valence-electron chi connectivity index (χ1n) is 5.83. The van der Waals surface area contributed by atoms with Crippen molar-refractivity contribution < 1.29 is 9.53 Å². The molecule has 1 N–H and O–H groups in total. The van der Waals surface area contributed by atoms with E-state index in [9.17, 15) is 4.79 Å². The van der Waals surface area contributed by atoms with Gasteiger partial charge in [0.1, 0.15) is 5.75 Å². The molecule has 3 nitrogen and oxygen atoms in total. The van der Waals surface area contributed by atoms with Crippen molar-refractivity contribution in [3.63, 3.8) is 0 Å². The van der Waals surface area contributed by atoms with Gasteiger partial charge in [0.25, 0.3) is 5.91 Å². The molecule has 0 saturated heterocycles. The number of ether oxygens (including phenoxy) is 1. The van der Waals surface area contributed by atoms with Crippen molar-refractivity contribution in [2.24, 2.45) is 0 Å². The van der Waals surface area contributed by atoms with Crippen molar-refractivity contribution in [2.75, 3.05) is 6.54 Å².